The summed E-state index contributed by atoms with van der Waals surface area (Å²) in [5, 5.41) is 8.87. The van der Waals surface area contributed by atoms with Crippen LogP contribution < -0.4 is 10.6 Å². The Balaban J connectivity index is 1.61. The van der Waals surface area contributed by atoms with Gasteiger partial charge < -0.3 is 15.5 Å². The van der Waals surface area contributed by atoms with Crippen molar-refractivity contribution < 1.29 is 9.53 Å². The number of nitrogens with zero attached hydrogens (tertiary/aromatic N) is 4. The lowest BCUT2D eigenvalue weighted by molar-refractivity contribution is -0.128. The molecule has 0 saturated heterocycles. The van der Waals surface area contributed by atoms with Crippen LogP contribution in [0, 0.1) is 5.92 Å². The van der Waals surface area contributed by atoms with Crippen LogP contribution in [-0.4, -0.2) is 51.1 Å². The van der Waals surface area contributed by atoms with Crippen molar-refractivity contribution in [2.45, 2.75) is 38.3 Å². The van der Waals surface area contributed by atoms with Gasteiger partial charge in [0.1, 0.15) is 5.75 Å². The largest absolute Gasteiger partial charge is 0.494 e. The van der Waals surface area contributed by atoms with E-state index in [2.05, 4.69) is 17.1 Å². The lowest BCUT2D eigenvalue weighted by Gasteiger charge is -2.21. The zero-order chi connectivity index (χ0) is 19.2. The summed E-state index contributed by atoms with van der Waals surface area (Å²) >= 11 is 1.33. The predicted octanol–water partition coefficient (Wildman–Crippen LogP) is 2.80. The van der Waals surface area contributed by atoms with Crippen LogP contribution in [0.5, 0.6) is 5.75 Å². The monoisotopic (exact) mass is 389 g/mol. The minimum Gasteiger partial charge on any atom is -0.494 e. The second kappa shape index (κ2) is 9.12. The standard InChI is InChI=1S/C19H27N5O2S/c1-3-11-23(12-14-5-6-14)17(25)13-27-19-22-21-18(24(19)20)15-7-9-16(10-8-15)26-4-2/h7-10,14H,3-6,11-13,20H2,1-2H3. The summed E-state index contributed by atoms with van der Waals surface area (Å²) in [6, 6.07) is 7.56. The molecule has 1 aliphatic carbocycles. The highest BCUT2D eigenvalue weighted by atomic mass is 32.2. The van der Waals surface area contributed by atoms with Gasteiger partial charge in [-0.25, -0.2) is 4.68 Å². The third kappa shape index (κ3) is 5.15. The number of aromatic nitrogens is 3. The zero-order valence-corrected chi connectivity index (χ0v) is 16.7. The molecule has 1 aromatic heterocycles. The molecule has 7 nitrogen and oxygen atoms in total. The van der Waals surface area contributed by atoms with Gasteiger partial charge >= 0.3 is 0 Å². The molecule has 0 atom stereocenters. The highest BCUT2D eigenvalue weighted by Gasteiger charge is 2.26. The highest BCUT2D eigenvalue weighted by molar-refractivity contribution is 7.99. The first-order valence-corrected chi connectivity index (χ1v) is 10.4. The van der Waals surface area contributed by atoms with Gasteiger partial charge in [0, 0.05) is 18.7 Å². The van der Waals surface area contributed by atoms with Gasteiger partial charge in [0.25, 0.3) is 0 Å². The highest BCUT2D eigenvalue weighted by Crippen LogP contribution is 2.30. The molecule has 0 radical (unpaired) electrons. The smallest absolute Gasteiger partial charge is 0.233 e. The van der Waals surface area contributed by atoms with E-state index in [0.717, 1.165) is 30.8 Å². The number of carbonyl (C=O) groups excluding carboxylic acids is 1. The van der Waals surface area contributed by atoms with Gasteiger partial charge in [0.05, 0.1) is 12.4 Å². The lowest BCUT2D eigenvalue weighted by Crippen LogP contribution is -2.35. The van der Waals surface area contributed by atoms with Gasteiger partial charge in [-0.1, -0.05) is 18.7 Å². The second-order valence-electron chi connectivity index (χ2n) is 6.71. The second-order valence-corrected chi connectivity index (χ2v) is 7.65. The van der Waals surface area contributed by atoms with E-state index < -0.39 is 0 Å². The molecular formula is C19H27N5O2S. The molecule has 0 unspecified atom stereocenters. The summed E-state index contributed by atoms with van der Waals surface area (Å²) in [6.07, 6.45) is 3.45. The van der Waals surface area contributed by atoms with Gasteiger partial charge in [0.15, 0.2) is 5.82 Å². The topological polar surface area (TPSA) is 86.3 Å². The Morgan fingerprint density at radius 3 is 2.67 bits per heavy atom. The summed E-state index contributed by atoms with van der Waals surface area (Å²) in [4.78, 5) is 14.5. The maximum atomic E-state index is 12.5. The number of ether oxygens (including phenoxy) is 1. The van der Waals surface area contributed by atoms with Crippen molar-refractivity contribution in [2.75, 3.05) is 31.3 Å². The summed E-state index contributed by atoms with van der Waals surface area (Å²) in [5.74, 6) is 8.68. The van der Waals surface area contributed by atoms with Crippen molar-refractivity contribution in [1.29, 1.82) is 0 Å². The summed E-state index contributed by atoms with van der Waals surface area (Å²) in [6.45, 7) is 6.35. The van der Waals surface area contributed by atoms with Crippen molar-refractivity contribution in [3.8, 4) is 17.1 Å². The molecule has 2 aromatic rings. The predicted molar refractivity (Wildman–Crippen MR) is 107 cm³/mol. The molecule has 0 spiro atoms. The van der Waals surface area contributed by atoms with Crippen LogP contribution in [0.25, 0.3) is 11.4 Å². The van der Waals surface area contributed by atoms with E-state index >= 15 is 0 Å². The zero-order valence-electron chi connectivity index (χ0n) is 15.9. The van der Waals surface area contributed by atoms with E-state index in [1.807, 2.05) is 36.1 Å². The minimum absolute atomic E-state index is 0.138. The molecule has 0 aliphatic heterocycles. The lowest BCUT2D eigenvalue weighted by atomic mass is 10.2. The average molecular weight is 390 g/mol. The average Bonchev–Trinajstić information content (AvgIpc) is 3.42. The number of hydrogen-bond acceptors (Lipinski definition) is 6. The van der Waals surface area contributed by atoms with Crippen molar-refractivity contribution >= 4 is 17.7 Å². The molecule has 146 valence electrons. The van der Waals surface area contributed by atoms with Gasteiger partial charge in [-0.15, -0.1) is 10.2 Å². The normalized spacial score (nSPS) is 13.6. The van der Waals surface area contributed by atoms with Crippen LogP contribution in [-0.2, 0) is 4.79 Å². The summed E-state index contributed by atoms with van der Waals surface area (Å²) in [5.41, 5.74) is 0.855. The van der Waals surface area contributed by atoms with E-state index in [1.165, 1.54) is 29.3 Å². The van der Waals surface area contributed by atoms with E-state index in [0.29, 0.717) is 29.3 Å². The summed E-state index contributed by atoms with van der Waals surface area (Å²) in [7, 11) is 0. The van der Waals surface area contributed by atoms with E-state index in [4.69, 9.17) is 10.6 Å². The molecule has 0 bridgehead atoms. The van der Waals surface area contributed by atoms with Crippen LogP contribution >= 0.6 is 11.8 Å². The first kappa shape index (κ1) is 19.5. The first-order chi connectivity index (χ1) is 13.1. The van der Waals surface area contributed by atoms with Gasteiger partial charge in [-0.05, 0) is 56.4 Å². The first-order valence-electron chi connectivity index (χ1n) is 9.46. The fourth-order valence-electron chi connectivity index (χ4n) is 2.86. The van der Waals surface area contributed by atoms with Crippen LogP contribution in [0.4, 0.5) is 0 Å². The molecular weight excluding hydrogens is 362 g/mol. The molecule has 1 saturated carbocycles. The van der Waals surface area contributed by atoms with Gasteiger partial charge in [0.2, 0.25) is 11.1 Å². The van der Waals surface area contributed by atoms with E-state index in [1.54, 1.807) is 0 Å². The van der Waals surface area contributed by atoms with Gasteiger partial charge in [-0.3, -0.25) is 4.79 Å². The van der Waals surface area contributed by atoms with Crippen LogP contribution in [0.15, 0.2) is 29.4 Å². The third-order valence-corrected chi connectivity index (χ3v) is 5.36. The number of benzene rings is 1. The van der Waals surface area contributed by atoms with Gasteiger partial charge in [-0.2, -0.15) is 0 Å². The molecule has 3 rings (SSSR count). The Hall–Kier alpha value is -2.22. The maximum absolute atomic E-state index is 12.5. The molecule has 1 heterocycles. The number of amides is 1. The Labute approximate surface area is 164 Å². The quantitative estimate of drug-likeness (QED) is 0.497. The van der Waals surface area contributed by atoms with E-state index in [-0.39, 0.29) is 5.91 Å². The van der Waals surface area contributed by atoms with Crippen LogP contribution in [0.1, 0.15) is 33.1 Å². The number of nitrogens with two attached hydrogens (primary N) is 1. The fourth-order valence-corrected chi connectivity index (χ4v) is 3.62. The molecule has 1 aliphatic rings. The van der Waals surface area contributed by atoms with Crippen molar-refractivity contribution in [2.24, 2.45) is 5.92 Å². The Morgan fingerprint density at radius 1 is 1.30 bits per heavy atom. The van der Waals surface area contributed by atoms with Crippen LogP contribution in [0.3, 0.4) is 0 Å². The maximum Gasteiger partial charge on any atom is 0.233 e. The molecule has 1 fully saturated rings. The third-order valence-electron chi connectivity index (χ3n) is 4.43. The number of thioether (sulfide) groups is 1. The summed E-state index contributed by atoms with van der Waals surface area (Å²) < 4.78 is 6.89. The number of nitrogen functional groups attached to an aromatic ring is 1. The molecule has 27 heavy (non-hydrogen) atoms. The molecule has 8 heteroatoms. The number of rotatable bonds is 10. The Kier molecular flexibility index (Phi) is 6.60. The van der Waals surface area contributed by atoms with Crippen molar-refractivity contribution in [3.63, 3.8) is 0 Å². The number of hydrogen-bond donors (Lipinski definition) is 1. The van der Waals surface area contributed by atoms with E-state index in [9.17, 15) is 4.79 Å². The van der Waals surface area contributed by atoms with Crippen molar-refractivity contribution in [3.05, 3.63) is 24.3 Å². The fraction of sp³-hybridized carbons (Fsp3) is 0.526. The molecule has 2 N–H and O–H groups in total. The molecule has 1 amide bonds. The molecule has 1 aromatic carbocycles. The number of carbonyl (C=O) groups is 1. The Morgan fingerprint density at radius 2 is 2.04 bits per heavy atom. The van der Waals surface area contributed by atoms with Crippen molar-refractivity contribution in [1.82, 2.24) is 19.8 Å². The van der Waals surface area contributed by atoms with Crippen LogP contribution in [0.2, 0.25) is 0 Å². The Bertz CT molecular complexity index is 758. The SMILES string of the molecule is CCCN(CC1CC1)C(=O)CSc1nnc(-c2ccc(OCC)cc2)n1N. The minimum atomic E-state index is 0.138.